The normalized spacial score (nSPS) is 11.0. The van der Waals surface area contributed by atoms with Crippen LogP contribution in [0.15, 0.2) is 97.1 Å². The zero-order valence-corrected chi connectivity index (χ0v) is 19.0. The first-order valence-electron chi connectivity index (χ1n) is 7.70. The Morgan fingerprint density at radius 2 is 0.926 bits per heavy atom. The molecule has 0 heterocycles. The molecule has 0 spiro atoms. The largest absolute Gasteiger partial charge is 2.00 e. The Kier molecular flexibility index (Phi) is 25.2. The van der Waals surface area contributed by atoms with E-state index >= 15 is 0 Å². The molecule has 0 saturated carbocycles. The van der Waals surface area contributed by atoms with Crippen LogP contribution in [0.25, 0.3) is 0 Å². The summed E-state index contributed by atoms with van der Waals surface area (Å²) in [5, 5.41) is 17.3. The van der Waals surface area contributed by atoms with Gasteiger partial charge in [-0.3, -0.25) is 12.2 Å². The van der Waals surface area contributed by atoms with Crippen molar-refractivity contribution in [3.05, 3.63) is 109 Å². The number of hydrogen-bond donors (Lipinski definition) is 2. The first kappa shape index (κ1) is 30.2. The Hall–Kier alpha value is -1.54. The Balaban J connectivity index is -0.000000277. The van der Waals surface area contributed by atoms with Crippen molar-refractivity contribution < 1.29 is 36.4 Å². The second-order valence-electron chi connectivity index (χ2n) is 4.68. The first-order chi connectivity index (χ1) is 11.8. The number of aromatic hydroxyl groups is 2. The standard InChI is InChI=1S/2C6H6O.2C5H5.2ClH.Zr/c2*7-6-4-2-1-3-5-6;2*1-2-4-5-3-1;;;/h2*1-5,7H;2*1-3H,4H2;2*1H;/q;;2*-1;;;+2. The minimum absolute atomic E-state index is 0. The Bertz CT molecular complexity index is 575. The van der Waals surface area contributed by atoms with Gasteiger partial charge in [0.1, 0.15) is 11.5 Å². The van der Waals surface area contributed by atoms with Crippen molar-refractivity contribution in [2.45, 2.75) is 12.8 Å². The van der Waals surface area contributed by atoms with Crippen molar-refractivity contribution in [2.24, 2.45) is 0 Å². The molecule has 2 aromatic carbocycles. The van der Waals surface area contributed by atoms with Crippen LogP contribution in [0.1, 0.15) is 12.8 Å². The van der Waals surface area contributed by atoms with Gasteiger partial charge in [-0.2, -0.15) is 12.2 Å². The summed E-state index contributed by atoms with van der Waals surface area (Å²) in [6, 6.07) is 17.4. The molecule has 0 bridgehead atoms. The van der Waals surface area contributed by atoms with E-state index in [4.69, 9.17) is 10.2 Å². The maximum absolute atomic E-state index is 8.63. The second kappa shape index (κ2) is 22.5. The van der Waals surface area contributed by atoms with Crippen molar-refractivity contribution in [3.8, 4) is 11.5 Å². The summed E-state index contributed by atoms with van der Waals surface area (Å²) in [6.45, 7) is 0. The Morgan fingerprint density at radius 1 is 0.593 bits per heavy atom. The van der Waals surface area contributed by atoms with E-state index in [0.717, 1.165) is 12.8 Å². The number of phenols is 2. The first-order valence-corrected chi connectivity index (χ1v) is 7.70. The summed E-state index contributed by atoms with van der Waals surface area (Å²) < 4.78 is 0. The minimum atomic E-state index is 0. The van der Waals surface area contributed by atoms with E-state index in [1.54, 1.807) is 48.5 Å². The van der Waals surface area contributed by atoms with Crippen molar-refractivity contribution in [2.75, 3.05) is 0 Å². The van der Waals surface area contributed by atoms with Crippen molar-refractivity contribution in [1.29, 1.82) is 0 Å². The molecule has 0 atom stereocenters. The van der Waals surface area contributed by atoms with Gasteiger partial charge in [-0.1, -0.05) is 36.4 Å². The summed E-state index contributed by atoms with van der Waals surface area (Å²) >= 11 is 0. The van der Waals surface area contributed by atoms with Crippen LogP contribution in [-0.2, 0) is 26.2 Å². The van der Waals surface area contributed by atoms with E-state index in [2.05, 4.69) is 24.3 Å². The zero-order chi connectivity index (χ0) is 17.3. The topological polar surface area (TPSA) is 40.5 Å². The van der Waals surface area contributed by atoms with E-state index in [1.807, 2.05) is 36.4 Å². The van der Waals surface area contributed by atoms with E-state index in [0.29, 0.717) is 11.5 Å². The zero-order valence-electron chi connectivity index (χ0n) is 14.9. The third-order valence-corrected chi connectivity index (χ3v) is 2.68. The molecule has 0 unspecified atom stereocenters. The quantitative estimate of drug-likeness (QED) is 0.437. The van der Waals surface area contributed by atoms with Gasteiger partial charge in [-0.25, -0.2) is 24.3 Å². The van der Waals surface area contributed by atoms with Gasteiger partial charge in [0.05, 0.1) is 0 Å². The van der Waals surface area contributed by atoms with Crippen LogP contribution >= 0.6 is 24.8 Å². The van der Waals surface area contributed by atoms with Gasteiger partial charge in [-0.15, -0.1) is 37.7 Å². The fourth-order valence-corrected chi connectivity index (χ4v) is 1.54. The maximum Gasteiger partial charge on any atom is 2.00 e. The monoisotopic (exact) mass is 480 g/mol. The van der Waals surface area contributed by atoms with Crippen LogP contribution < -0.4 is 0 Å². The van der Waals surface area contributed by atoms with Crippen LogP contribution in [0.2, 0.25) is 0 Å². The van der Waals surface area contributed by atoms with Gasteiger partial charge in [0, 0.05) is 0 Å². The summed E-state index contributed by atoms with van der Waals surface area (Å²) in [6.07, 6.45) is 20.0. The third-order valence-electron chi connectivity index (χ3n) is 2.68. The van der Waals surface area contributed by atoms with Gasteiger partial charge >= 0.3 is 26.2 Å². The van der Waals surface area contributed by atoms with Crippen molar-refractivity contribution in [3.63, 3.8) is 0 Å². The van der Waals surface area contributed by atoms with Crippen LogP contribution in [0.5, 0.6) is 11.5 Å². The fourth-order valence-electron chi connectivity index (χ4n) is 1.54. The number of allylic oxidation sites excluding steroid dienone is 8. The summed E-state index contributed by atoms with van der Waals surface area (Å²) in [4.78, 5) is 0. The van der Waals surface area contributed by atoms with Crippen molar-refractivity contribution >= 4 is 24.8 Å². The molecule has 4 rings (SSSR count). The molecule has 0 saturated heterocycles. The molecular formula is C22H24Cl2O2Zr. The molecule has 0 aliphatic heterocycles. The minimum Gasteiger partial charge on any atom is -0.508 e. The summed E-state index contributed by atoms with van der Waals surface area (Å²) in [5.41, 5.74) is 0. The number of para-hydroxylation sites is 2. The number of hydrogen-bond acceptors (Lipinski definition) is 2. The van der Waals surface area contributed by atoms with E-state index < -0.39 is 0 Å². The molecule has 142 valence electrons. The average Bonchev–Trinajstić information content (AvgIpc) is 3.36. The van der Waals surface area contributed by atoms with Crippen LogP contribution in [-0.4, -0.2) is 10.2 Å². The molecular weight excluding hydrogens is 458 g/mol. The van der Waals surface area contributed by atoms with Gasteiger partial charge < -0.3 is 10.2 Å². The van der Waals surface area contributed by atoms with Gasteiger partial charge in [0.25, 0.3) is 0 Å². The number of phenolic OH excluding ortho intramolecular Hbond substituents is 2. The van der Waals surface area contributed by atoms with E-state index in [1.165, 1.54) is 0 Å². The Labute approximate surface area is 194 Å². The molecule has 27 heavy (non-hydrogen) atoms. The Morgan fingerprint density at radius 3 is 1.04 bits per heavy atom. The molecule has 0 fully saturated rings. The van der Waals surface area contributed by atoms with Crippen LogP contribution in [0.4, 0.5) is 0 Å². The van der Waals surface area contributed by atoms with Gasteiger partial charge in [0.2, 0.25) is 0 Å². The molecule has 5 heteroatoms. The molecule has 2 aliphatic rings. The maximum atomic E-state index is 8.63. The summed E-state index contributed by atoms with van der Waals surface area (Å²) in [7, 11) is 0. The molecule has 0 aromatic heterocycles. The molecule has 0 radical (unpaired) electrons. The van der Waals surface area contributed by atoms with Gasteiger partial charge in [-0.05, 0) is 24.3 Å². The number of benzene rings is 2. The summed E-state index contributed by atoms with van der Waals surface area (Å²) in [5.74, 6) is 0.644. The smallest absolute Gasteiger partial charge is 0.508 e. The molecule has 2 aromatic rings. The third kappa shape index (κ3) is 20.6. The molecule has 2 N–H and O–H groups in total. The predicted molar refractivity (Wildman–Crippen MR) is 114 cm³/mol. The fraction of sp³-hybridized carbons (Fsp3) is 0.0909. The number of halogens is 2. The average molecular weight is 483 g/mol. The van der Waals surface area contributed by atoms with Crippen molar-refractivity contribution in [1.82, 2.24) is 0 Å². The second-order valence-corrected chi connectivity index (χ2v) is 4.68. The molecule has 2 nitrogen and oxygen atoms in total. The number of rotatable bonds is 0. The van der Waals surface area contributed by atoms with E-state index in [-0.39, 0.29) is 51.0 Å². The van der Waals surface area contributed by atoms with E-state index in [9.17, 15) is 0 Å². The predicted octanol–water partition coefficient (Wildman–Crippen LogP) is 6.24. The molecule has 2 aliphatic carbocycles. The van der Waals surface area contributed by atoms with Crippen LogP contribution in [0.3, 0.4) is 0 Å². The molecule has 0 amide bonds. The van der Waals surface area contributed by atoms with Gasteiger partial charge in [0.15, 0.2) is 0 Å². The SMILES string of the molecule is Cl.Cl.Oc1ccccc1.Oc1ccccc1.[C-]1=CC=CC1.[C-]1=CC=CC1.[Zr+2]. The van der Waals surface area contributed by atoms with Crippen LogP contribution in [0, 0.1) is 12.2 Å².